The topological polar surface area (TPSA) is 105 Å². The smallest absolute Gasteiger partial charge is 0.440 e. The number of nitrogens with zero attached hydrogens (tertiary/aromatic N) is 2. The molecule has 0 aromatic heterocycles. The van der Waals surface area contributed by atoms with Gasteiger partial charge in [0.25, 0.3) is 0 Å². The maximum Gasteiger partial charge on any atom is 0.440 e. The first kappa shape index (κ1) is 37.0. The molecule has 3 aliphatic heterocycles. The minimum atomic E-state index is -6.40. The van der Waals surface area contributed by atoms with E-state index in [1.807, 2.05) is 0 Å². The predicted molar refractivity (Wildman–Crippen MR) is 164 cm³/mol. The minimum Gasteiger partial charge on any atom is -0.442 e. The molecular weight excluding hydrogens is 710 g/mol. The van der Waals surface area contributed by atoms with Gasteiger partial charge in [-0.25, -0.2) is 22.0 Å². The van der Waals surface area contributed by atoms with Crippen LogP contribution < -0.4 is 5.32 Å². The monoisotopic (exact) mass is 743 g/mol. The van der Waals surface area contributed by atoms with Crippen molar-refractivity contribution in [3.8, 4) is 0 Å². The average molecular weight is 744 g/mol. The second kappa shape index (κ2) is 12.5. The Morgan fingerprint density at radius 1 is 0.959 bits per heavy atom. The highest BCUT2D eigenvalue weighted by Gasteiger charge is 2.74. The summed E-state index contributed by atoms with van der Waals surface area (Å²) in [5.41, 5.74) is -9.03. The summed E-state index contributed by atoms with van der Waals surface area (Å²) in [4.78, 5) is 27.1. The minimum absolute atomic E-state index is 0.143. The van der Waals surface area contributed by atoms with Crippen molar-refractivity contribution in [1.82, 2.24) is 4.90 Å². The molecule has 8 nitrogen and oxygen atoms in total. The van der Waals surface area contributed by atoms with E-state index in [0.29, 0.717) is 30.4 Å². The summed E-state index contributed by atoms with van der Waals surface area (Å²) >= 11 is 0. The number of rotatable bonds is 4. The largest absolute Gasteiger partial charge is 0.442 e. The lowest BCUT2D eigenvalue weighted by Crippen LogP contribution is -2.56. The van der Waals surface area contributed by atoms with Crippen LogP contribution in [0, 0.1) is 11.7 Å². The summed E-state index contributed by atoms with van der Waals surface area (Å²) in [5, 5.41) is 2.66. The van der Waals surface area contributed by atoms with E-state index in [2.05, 4.69) is 9.68 Å². The maximum absolute atomic E-state index is 15.0. The van der Waals surface area contributed by atoms with Crippen molar-refractivity contribution < 1.29 is 57.9 Å². The third-order valence-corrected chi connectivity index (χ3v) is 13.4. The van der Waals surface area contributed by atoms with Gasteiger partial charge in [0.15, 0.2) is 9.84 Å². The van der Waals surface area contributed by atoms with E-state index >= 15 is 4.39 Å². The molecule has 0 saturated carbocycles. The number of fused-ring (bicyclic) bond motifs is 3. The number of ether oxygens (including phenoxy) is 1. The van der Waals surface area contributed by atoms with Crippen LogP contribution in [-0.2, 0) is 40.5 Å². The fourth-order valence-corrected chi connectivity index (χ4v) is 10.8. The number of amides is 2. The Labute approximate surface area is 279 Å². The molecule has 5 rings (SSSR count). The Balaban J connectivity index is 1.52. The van der Waals surface area contributed by atoms with E-state index in [1.54, 1.807) is 20.8 Å². The number of nitrogens with one attached hydrogen (secondary N) is 1. The summed E-state index contributed by atoms with van der Waals surface area (Å²) in [7, 11) is -5.34. The van der Waals surface area contributed by atoms with Gasteiger partial charge in [0, 0.05) is 41.8 Å². The van der Waals surface area contributed by atoms with Gasteiger partial charge in [-0.05, 0) is 75.9 Å². The molecule has 2 fully saturated rings. The van der Waals surface area contributed by atoms with Crippen LogP contribution in [0.5, 0.6) is 0 Å². The number of carbonyl (C=O) groups is 2. The van der Waals surface area contributed by atoms with Gasteiger partial charge in [0.05, 0.1) is 10.9 Å². The van der Waals surface area contributed by atoms with Crippen molar-refractivity contribution in [2.45, 2.75) is 79.3 Å². The van der Waals surface area contributed by atoms with Crippen LogP contribution in [-0.4, -0.2) is 73.9 Å². The van der Waals surface area contributed by atoms with E-state index < -0.39 is 96.5 Å². The van der Waals surface area contributed by atoms with Crippen molar-refractivity contribution in [3.63, 3.8) is 0 Å². The number of anilines is 1. The molecule has 2 saturated heterocycles. The lowest BCUT2D eigenvalue weighted by Gasteiger charge is -2.44. The Bertz CT molecular complexity index is 1750. The van der Waals surface area contributed by atoms with Crippen molar-refractivity contribution >= 4 is 38.2 Å². The Kier molecular flexibility index (Phi) is 9.43. The van der Waals surface area contributed by atoms with Crippen LogP contribution in [0.15, 0.2) is 51.7 Å². The summed E-state index contributed by atoms with van der Waals surface area (Å²) < 4.78 is 147. The zero-order chi connectivity index (χ0) is 36.4. The summed E-state index contributed by atoms with van der Waals surface area (Å²) in [6.45, 7) is 4.53. The number of benzene rings is 2. The van der Waals surface area contributed by atoms with E-state index in [-0.39, 0.29) is 29.5 Å². The SMILES string of the molecule is CC(C)(C)OC(=O)N=S1CCC(C(=O)N2CCC3(S(=O)(=O)c4ccc(F)cc4)c4ccc(C(F)(C(F)(F)F)C(F)(F)F)cc4NCC23)CC1. The van der Waals surface area contributed by atoms with Gasteiger partial charge < -0.3 is 15.0 Å². The van der Waals surface area contributed by atoms with Crippen LogP contribution in [0.1, 0.15) is 51.2 Å². The molecule has 2 unspecified atom stereocenters. The lowest BCUT2D eigenvalue weighted by atomic mass is 9.83. The third-order valence-electron chi connectivity index (χ3n) is 9.02. The summed E-state index contributed by atoms with van der Waals surface area (Å²) in [5.74, 6) is -0.988. The van der Waals surface area contributed by atoms with E-state index in [1.165, 1.54) is 4.90 Å². The van der Waals surface area contributed by atoms with Gasteiger partial charge >= 0.3 is 24.1 Å². The number of likely N-dealkylation sites (tertiary alicyclic amines) is 1. The molecule has 270 valence electrons. The van der Waals surface area contributed by atoms with Gasteiger partial charge in [-0.2, -0.15) is 30.7 Å². The highest BCUT2D eigenvalue weighted by Crippen LogP contribution is 2.57. The van der Waals surface area contributed by atoms with Gasteiger partial charge in [-0.1, -0.05) is 22.8 Å². The number of sulfone groups is 1. The highest BCUT2D eigenvalue weighted by molar-refractivity contribution is 7.92. The molecule has 2 atom stereocenters. The van der Waals surface area contributed by atoms with Gasteiger partial charge in [-0.3, -0.25) is 4.79 Å². The van der Waals surface area contributed by atoms with Crippen LogP contribution in [0.3, 0.4) is 0 Å². The first-order valence-corrected chi connectivity index (χ1v) is 18.2. The molecule has 18 heteroatoms. The number of alkyl halides is 7. The van der Waals surface area contributed by atoms with Crippen LogP contribution >= 0.6 is 0 Å². The molecule has 0 bridgehead atoms. The number of hydrogen-bond donors (Lipinski definition) is 1. The Morgan fingerprint density at radius 2 is 1.55 bits per heavy atom. The predicted octanol–water partition coefficient (Wildman–Crippen LogP) is 6.96. The zero-order valence-corrected chi connectivity index (χ0v) is 28.1. The van der Waals surface area contributed by atoms with Crippen molar-refractivity contribution in [3.05, 3.63) is 59.4 Å². The number of carbonyl (C=O) groups excluding carboxylic acids is 2. The second-order valence-electron chi connectivity index (χ2n) is 13.2. The Hall–Kier alpha value is -3.28. The van der Waals surface area contributed by atoms with Crippen LogP contribution in [0.2, 0.25) is 0 Å². The molecule has 3 heterocycles. The van der Waals surface area contributed by atoms with Gasteiger partial charge in [0.1, 0.15) is 16.2 Å². The normalized spacial score (nSPS) is 24.8. The molecule has 0 radical (unpaired) electrons. The molecular formula is C31H33F8N3O5S2. The van der Waals surface area contributed by atoms with Crippen LogP contribution in [0.25, 0.3) is 0 Å². The van der Waals surface area contributed by atoms with Gasteiger partial charge in [0.2, 0.25) is 5.91 Å². The number of hydrogen-bond acceptors (Lipinski definition) is 6. The Morgan fingerprint density at radius 3 is 2.10 bits per heavy atom. The summed E-state index contributed by atoms with van der Waals surface area (Å²) in [6.07, 6.45) is -13.2. The summed E-state index contributed by atoms with van der Waals surface area (Å²) in [6, 6.07) is 3.80. The lowest BCUT2D eigenvalue weighted by molar-refractivity contribution is -0.348. The fraction of sp³-hybridized carbons (Fsp3) is 0.548. The molecule has 2 amide bonds. The van der Waals surface area contributed by atoms with Crippen LogP contribution in [0.4, 0.5) is 45.6 Å². The molecule has 0 spiro atoms. The fourth-order valence-electron chi connectivity index (χ4n) is 6.73. The molecule has 49 heavy (non-hydrogen) atoms. The zero-order valence-electron chi connectivity index (χ0n) is 26.4. The molecule has 0 aliphatic carbocycles. The first-order valence-electron chi connectivity index (χ1n) is 15.2. The van der Waals surface area contributed by atoms with E-state index in [9.17, 15) is 48.7 Å². The number of halogens is 8. The molecule has 2 aromatic carbocycles. The van der Waals surface area contributed by atoms with E-state index in [0.717, 1.165) is 30.3 Å². The molecule has 2 aromatic rings. The average Bonchev–Trinajstić information content (AvgIpc) is 3.40. The third kappa shape index (κ3) is 6.42. The van der Waals surface area contributed by atoms with Crippen molar-refractivity contribution in [2.75, 3.05) is 29.9 Å². The van der Waals surface area contributed by atoms with Crippen molar-refractivity contribution in [2.24, 2.45) is 10.3 Å². The van der Waals surface area contributed by atoms with Gasteiger partial charge in [-0.15, -0.1) is 0 Å². The standard InChI is InChI=1S/C31H33F8N3O5S2/c1-27(2,3)47-26(44)41-48-14-10-18(11-15-48)25(43)42-13-12-28(49(45,46)21-7-5-20(32)6-8-21)22-9-4-19(16-23(22)40-17-24(28)42)29(33,30(34,35)36)31(37,38)39/h4-9,16,18,24,40H,10-15,17H2,1-3H3. The van der Waals surface area contributed by atoms with E-state index in [4.69, 9.17) is 4.74 Å². The first-order chi connectivity index (χ1) is 22.5. The van der Waals surface area contributed by atoms with Crippen molar-refractivity contribution in [1.29, 1.82) is 0 Å². The second-order valence-corrected chi connectivity index (χ2v) is 17.3. The molecule has 3 aliphatic rings. The maximum atomic E-state index is 15.0. The molecule has 1 N–H and O–H groups in total. The highest BCUT2D eigenvalue weighted by atomic mass is 32.2. The quantitative estimate of drug-likeness (QED) is 0.269.